The van der Waals surface area contributed by atoms with Crippen LogP contribution in [0.3, 0.4) is 0 Å². The monoisotopic (exact) mass is 172 g/mol. The Hall–Kier alpha value is -0.440. The molecule has 2 nitrogen and oxygen atoms in total. The van der Waals surface area contributed by atoms with Gasteiger partial charge in [0.05, 0.1) is 0 Å². The first-order chi connectivity index (χ1) is 5.33. The van der Waals surface area contributed by atoms with E-state index >= 15 is 0 Å². The van der Waals surface area contributed by atoms with E-state index in [2.05, 4.69) is 6.58 Å². The zero-order valence-electron chi connectivity index (χ0n) is 7.12. The molecule has 0 fully saturated rings. The molecule has 0 heterocycles. The van der Waals surface area contributed by atoms with Crippen molar-refractivity contribution in [3.05, 3.63) is 36.9 Å². The Bertz CT molecular complexity index is 248. The molecule has 58 valence electrons. The van der Waals surface area contributed by atoms with Gasteiger partial charge in [-0.25, -0.2) is 0 Å². The van der Waals surface area contributed by atoms with E-state index in [0.29, 0.717) is 12.4 Å². The Morgan fingerprint density at radius 3 is 2.83 bits per heavy atom. The Labute approximate surface area is 94.2 Å². The second kappa shape index (κ2) is 6.12. The Kier molecular flexibility index (Phi) is 5.89. The molecule has 1 aromatic carbocycles. The number of ether oxygens (including phenoxy) is 1. The standard InChI is InChI=1S/C9H10O2.Na/c1-2-6-11-9-5-3-4-8(10)7-9;/h2-5,7,10H,1,6H2;/q;+1/p-1. The summed E-state index contributed by atoms with van der Waals surface area (Å²) in [7, 11) is 0. The fourth-order valence-corrected chi connectivity index (χ4v) is 0.719. The Morgan fingerprint density at radius 2 is 2.25 bits per heavy atom. The van der Waals surface area contributed by atoms with E-state index in [1.807, 2.05) is 0 Å². The predicted octanol–water partition coefficient (Wildman–Crippen LogP) is -1.67. The largest absolute Gasteiger partial charge is 1.00 e. The van der Waals surface area contributed by atoms with Crippen LogP contribution in [0.25, 0.3) is 0 Å². The van der Waals surface area contributed by atoms with E-state index in [0.717, 1.165) is 0 Å². The molecule has 0 radical (unpaired) electrons. The quantitative estimate of drug-likeness (QED) is 0.403. The van der Waals surface area contributed by atoms with Gasteiger partial charge in [0.25, 0.3) is 0 Å². The average molecular weight is 172 g/mol. The topological polar surface area (TPSA) is 32.3 Å². The minimum atomic E-state index is -0.0356. The maximum Gasteiger partial charge on any atom is 1.00 e. The van der Waals surface area contributed by atoms with Crippen molar-refractivity contribution in [1.82, 2.24) is 0 Å². The summed E-state index contributed by atoms with van der Waals surface area (Å²) in [5.74, 6) is 0.559. The normalized spacial score (nSPS) is 8.33. The van der Waals surface area contributed by atoms with Gasteiger partial charge in [-0.05, 0) is 12.1 Å². The van der Waals surface area contributed by atoms with Gasteiger partial charge in [-0.3, -0.25) is 0 Å². The molecule has 0 amide bonds. The molecule has 0 aromatic heterocycles. The van der Waals surface area contributed by atoms with Crippen LogP contribution in [-0.2, 0) is 0 Å². The first kappa shape index (κ1) is 11.6. The molecule has 1 rings (SSSR count). The molecule has 0 spiro atoms. The molecule has 1 aromatic rings. The summed E-state index contributed by atoms with van der Waals surface area (Å²) < 4.78 is 5.12. The van der Waals surface area contributed by atoms with Crippen molar-refractivity contribution >= 4 is 0 Å². The van der Waals surface area contributed by atoms with Crippen LogP contribution in [0.15, 0.2) is 36.9 Å². The number of hydrogen-bond acceptors (Lipinski definition) is 2. The van der Waals surface area contributed by atoms with Crippen LogP contribution < -0.4 is 39.4 Å². The van der Waals surface area contributed by atoms with Gasteiger partial charge in [-0.15, -0.1) is 5.75 Å². The van der Waals surface area contributed by atoms with Crippen LogP contribution in [-0.4, -0.2) is 6.61 Å². The summed E-state index contributed by atoms with van der Waals surface area (Å²) in [5, 5.41) is 10.7. The zero-order chi connectivity index (χ0) is 8.10. The predicted molar refractivity (Wildman–Crippen MR) is 41.6 cm³/mol. The van der Waals surface area contributed by atoms with Gasteiger partial charge in [0, 0.05) is 0 Å². The van der Waals surface area contributed by atoms with Gasteiger partial charge in [0.1, 0.15) is 12.4 Å². The van der Waals surface area contributed by atoms with Crippen LogP contribution in [0.1, 0.15) is 0 Å². The summed E-state index contributed by atoms with van der Waals surface area (Å²) in [4.78, 5) is 0. The maximum absolute atomic E-state index is 10.7. The Morgan fingerprint density at radius 1 is 1.50 bits per heavy atom. The van der Waals surface area contributed by atoms with Crippen molar-refractivity contribution < 1.29 is 39.4 Å². The van der Waals surface area contributed by atoms with E-state index < -0.39 is 0 Å². The Balaban J connectivity index is 0.00000121. The molecule has 0 saturated carbocycles. The molecule has 0 aliphatic heterocycles. The van der Waals surface area contributed by atoms with Gasteiger partial charge in [-0.2, -0.15) is 0 Å². The first-order valence-corrected chi connectivity index (χ1v) is 3.33. The van der Waals surface area contributed by atoms with Crippen molar-refractivity contribution in [2.75, 3.05) is 6.61 Å². The molecule has 3 heteroatoms. The molecule has 12 heavy (non-hydrogen) atoms. The maximum atomic E-state index is 10.7. The van der Waals surface area contributed by atoms with E-state index in [1.54, 1.807) is 18.2 Å². The SMILES string of the molecule is C=CCOc1cccc([O-])c1.[Na+]. The molecular formula is C9H9NaO2. The minimum Gasteiger partial charge on any atom is -0.872 e. The van der Waals surface area contributed by atoms with Crippen molar-refractivity contribution in [2.24, 2.45) is 0 Å². The third-order valence-corrected chi connectivity index (χ3v) is 1.17. The smallest absolute Gasteiger partial charge is 0.872 e. The summed E-state index contributed by atoms with van der Waals surface area (Å²) in [6.45, 7) is 3.93. The first-order valence-electron chi connectivity index (χ1n) is 3.33. The summed E-state index contributed by atoms with van der Waals surface area (Å²) in [6.07, 6.45) is 1.64. The van der Waals surface area contributed by atoms with Gasteiger partial charge in [0.15, 0.2) is 0 Å². The van der Waals surface area contributed by atoms with Gasteiger partial charge >= 0.3 is 29.6 Å². The number of hydrogen-bond donors (Lipinski definition) is 0. The third kappa shape index (κ3) is 3.81. The van der Waals surface area contributed by atoms with E-state index in [4.69, 9.17) is 4.74 Å². The molecule has 0 N–H and O–H groups in total. The fraction of sp³-hybridized carbons (Fsp3) is 0.111. The second-order valence-electron chi connectivity index (χ2n) is 2.07. The molecule has 0 saturated heterocycles. The number of rotatable bonds is 3. The second-order valence-corrected chi connectivity index (χ2v) is 2.07. The molecule has 0 unspecified atom stereocenters. The van der Waals surface area contributed by atoms with Crippen molar-refractivity contribution in [3.8, 4) is 11.5 Å². The van der Waals surface area contributed by atoms with Crippen LogP contribution in [0, 0.1) is 0 Å². The summed E-state index contributed by atoms with van der Waals surface area (Å²) in [6, 6.07) is 6.34. The van der Waals surface area contributed by atoms with Crippen LogP contribution in [0.5, 0.6) is 11.5 Å². The van der Waals surface area contributed by atoms with Crippen molar-refractivity contribution in [3.63, 3.8) is 0 Å². The van der Waals surface area contributed by atoms with Gasteiger partial charge < -0.3 is 9.84 Å². The van der Waals surface area contributed by atoms with Gasteiger partial charge in [-0.1, -0.05) is 24.8 Å². The molecule has 0 atom stereocenters. The van der Waals surface area contributed by atoms with Crippen molar-refractivity contribution in [1.29, 1.82) is 0 Å². The molecule has 0 aliphatic carbocycles. The van der Waals surface area contributed by atoms with E-state index in [9.17, 15) is 5.11 Å². The molecular weight excluding hydrogens is 163 g/mol. The van der Waals surface area contributed by atoms with Crippen LogP contribution in [0.2, 0.25) is 0 Å². The van der Waals surface area contributed by atoms with Gasteiger partial charge in [0.2, 0.25) is 0 Å². The summed E-state index contributed by atoms with van der Waals surface area (Å²) in [5.41, 5.74) is 0. The summed E-state index contributed by atoms with van der Waals surface area (Å²) >= 11 is 0. The van der Waals surface area contributed by atoms with Crippen molar-refractivity contribution in [2.45, 2.75) is 0 Å². The molecule has 0 bridgehead atoms. The van der Waals surface area contributed by atoms with E-state index in [1.165, 1.54) is 12.1 Å². The minimum absolute atomic E-state index is 0. The van der Waals surface area contributed by atoms with Crippen LogP contribution >= 0.6 is 0 Å². The van der Waals surface area contributed by atoms with E-state index in [-0.39, 0.29) is 35.3 Å². The fourth-order valence-electron chi connectivity index (χ4n) is 0.719. The molecule has 0 aliphatic rings. The third-order valence-electron chi connectivity index (χ3n) is 1.17. The average Bonchev–Trinajstić information content (AvgIpc) is 2.01. The number of benzene rings is 1. The van der Waals surface area contributed by atoms with Crippen LogP contribution in [0.4, 0.5) is 0 Å². The zero-order valence-corrected chi connectivity index (χ0v) is 9.12.